The molecule has 3 amide bonds. The lowest BCUT2D eigenvalue weighted by atomic mass is 10.1. The van der Waals surface area contributed by atoms with Gasteiger partial charge in [-0.3, -0.25) is 14.4 Å². The van der Waals surface area contributed by atoms with Crippen LogP contribution >= 0.6 is 11.6 Å². The van der Waals surface area contributed by atoms with E-state index in [1.54, 1.807) is 24.4 Å². The van der Waals surface area contributed by atoms with E-state index in [1.165, 1.54) is 4.90 Å². The Kier molecular flexibility index (Phi) is 8.33. The van der Waals surface area contributed by atoms with E-state index in [2.05, 4.69) is 15.6 Å². The Morgan fingerprint density at radius 2 is 2.00 bits per heavy atom. The Hall–Kier alpha value is -3.59. The molecule has 37 heavy (non-hydrogen) atoms. The molecule has 0 unspecified atom stereocenters. The maximum Gasteiger partial charge on any atom is 0.274 e. The molecule has 9 nitrogen and oxygen atoms in total. The summed E-state index contributed by atoms with van der Waals surface area (Å²) in [6, 6.07) is 10.2. The second-order valence-corrected chi connectivity index (χ2v) is 10.0. The minimum atomic E-state index is -0.334. The number of carbonyl (C=O) groups is 3. The molecule has 10 heteroatoms. The van der Waals surface area contributed by atoms with Gasteiger partial charge in [-0.25, -0.2) is 4.98 Å². The van der Waals surface area contributed by atoms with Gasteiger partial charge in [0.1, 0.15) is 23.7 Å². The molecule has 2 aromatic heterocycles. The minimum absolute atomic E-state index is 0.0507. The fourth-order valence-corrected chi connectivity index (χ4v) is 4.37. The number of aryl methyl sites for hydroxylation is 1. The summed E-state index contributed by atoms with van der Waals surface area (Å²) in [7, 11) is 0. The molecule has 1 aliphatic heterocycles. The summed E-state index contributed by atoms with van der Waals surface area (Å²) >= 11 is 6.13. The number of amides is 3. The molecule has 4 rings (SSSR count). The van der Waals surface area contributed by atoms with E-state index in [1.807, 2.05) is 43.4 Å². The molecule has 196 valence electrons. The zero-order valence-corrected chi connectivity index (χ0v) is 22.0. The fraction of sp³-hybridized carbons (Fsp3) is 0.407. The summed E-state index contributed by atoms with van der Waals surface area (Å²) in [6.45, 7) is 6.69. The molecule has 2 N–H and O–H groups in total. The molecule has 0 bridgehead atoms. The Morgan fingerprint density at radius 3 is 2.76 bits per heavy atom. The van der Waals surface area contributed by atoms with Gasteiger partial charge in [0.25, 0.3) is 11.8 Å². The maximum absolute atomic E-state index is 13.4. The van der Waals surface area contributed by atoms with Crippen LogP contribution in [0, 0.1) is 12.8 Å². The van der Waals surface area contributed by atoms with Crippen LogP contribution in [-0.4, -0.2) is 64.3 Å². The molecule has 0 spiro atoms. The lowest BCUT2D eigenvalue weighted by molar-refractivity contribution is -0.123. The number of carbonyl (C=O) groups excluding carboxylic acids is 3. The SMILES string of the molecule is Cc1cccc2nc(C(=O)N3CCCCNC(=O)c4cc(Cl)ccc4OC[C@H](C(C)C)NC(=O)C3)cn12. The average Bonchev–Trinajstić information content (AvgIpc) is 3.30. The number of halogens is 1. The molecule has 0 aliphatic carbocycles. The van der Waals surface area contributed by atoms with Crippen LogP contribution in [-0.2, 0) is 4.79 Å². The number of aromatic nitrogens is 2. The average molecular weight is 526 g/mol. The van der Waals surface area contributed by atoms with Gasteiger partial charge in [-0.15, -0.1) is 0 Å². The largest absolute Gasteiger partial charge is 0.491 e. The summed E-state index contributed by atoms with van der Waals surface area (Å²) in [5, 5.41) is 6.33. The number of hydrogen-bond donors (Lipinski definition) is 2. The lowest BCUT2D eigenvalue weighted by Crippen LogP contribution is -2.48. The van der Waals surface area contributed by atoms with Crippen LogP contribution in [0.1, 0.15) is 53.2 Å². The minimum Gasteiger partial charge on any atom is -0.491 e. The van der Waals surface area contributed by atoms with Crippen molar-refractivity contribution >= 4 is 35.0 Å². The Morgan fingerprint density at radius 1 is 1.19 bits per heavy atom. The van der Waals surface area contributed by atoms with Gasteiger partial charge >= 0.3 is 0 Å². The molecule has 0 fully saturated rings. The number of hydrogen-bond acceptors (Lipinski definition) is 5. The molecule has 0 saturated carbocycles. The lowest BCUT2D eigenvalue weighted by Gasteiger charge is -2.26. The van der Waals surface area contributed by atoms with Crippen molar-refractivity contribution < 1.29 is 19.1 Å². The molecule has 1 aromatic carbocycles. The third kappa shape index (κ3) is 6.40. The summed E-state index contributed by atoms with van der Waals surface area (Å²) in [4.78, 5) is 45.3. The van der Waals surface area contributed by atoms with E-state index < -0.39 is 0 Å². The second-order valence-electron chi connectivity index (χ2n) is 9.58. The van der Waals surface area contributed by atoms with Crippen LogP contribution in [0.4, 0.5) is 0 Å². The smallest absolute Gasteiger partial charge is 0.274 e. The van der Waals surface area contributed by atoms with Crippen molar-refractivity contribution in [2.24, 2.45) is 5.92 Å². The number of nitrogens with one attached hydrogen (secondary N) is 2. The Labute approximate surface area is 221 Å². The maximum atomic E-state index is 13.4. The van der Waals surface area contributed by atoms with Gasteiger partial charge in [0, 0.05) is 30.0 Å². The Bertz CT molecular complexity index is 1310. The molecule has 0 radical (unpaired) electrons. The highest BCUT2D eigenvalue weighted by molar-refractivity contribution is 6.31. The first-order valence-electron chi connectivity index (χ1n) is 12.5. The van der Waals surface area contributed by atoms with Gasteiger partial charge in [-0.2, -0.15) is 0 Å². The number of ether oxygens (including phenoxy) is 1. The molecule has 1 aliphatic rings. The van der Waals surface area contributed by atoms with Crippen LogP contribution in [0.2, 0.25) is 5.02 Å². The number of nitrogens with zero attached hydrogens (tertiary/aromatic N) is 3. The van der Waals surface area contributed by atoms with E-state index in [0.29, 0.717) is 47.9 Å². The van der Waals surface area contributed by atoms with Crippen LogP contribution in [0.3, 0.4) is 0 Å². The molecule has 1 atom stereocenters. The molecule has 0 saturated heterocycles. The summed E-state index contributed by atoms with van der Waals surface area (Å²) in [5.41, 5.74) is 2.25. The van der Waals surface area contributed by atoms with E-state index in [-0.39, 0.29) is 48.5 Å². The number of rotatable bonds is 2. The third-order valence-electron chi connectivity index (χ3n) is 6.43. The van der Waals surface area contributed by atoms with E-state index >= 15 is 0 Å². The number of benzene rings is 1. The number of pyridine rings is 1. The van der Waals surface area contributed by atoms with Crippen molar-refractivity contribution in [2.45, 2.75) is 39.7 Å². The van der Waals surface area contributed by atoms with Crippen molar-refractivity contribution in [2.75, 3.05) is 26.2 Å². The van der Waals surface area contributed by atoms with Crippen molar-refractivity contribution in [3.05, 3.63) is 64.6 Å². The first-order valence-corrected chi connectivity index (χ1v) is 12.8. The molecular formula is C27H32ClN5O4. The van der Waals surface area contributed by atoms with Crippen LogP contribution < -0.4 is 15.4 Å². The summed E-state index contributed by atoms with van der Waals surface area (Å²) in [6.07, 6.45) is 2.92. The summed E-state index contributed by atoms with van der Waals surface area (Å²) in [5.74, 6) is -0.433. The molecule has 3 aromatic rings. The number of imidazole rings is 1. The van der Waals surface area contributed by atoms with E-state index in [9.17, 15) is 14.4 Å². The van der Waals surface area contributed by atoms with Gasteiger partial charge in [0.15, 0.2) is 0 Å². The highest BCUT2D eigenvalue weighted by Gasteiger charge is 2.25. The molecular weight excluding hydrogens is 494 g/mol. The van der Waals surface area contributed by atoms with Gasteiger partial charge in [0.05, 0.1) is 18.2 Å². The van der Waals surface area contributed by atoms with Crippen molar-refractivity contribution in [1.29, 1.82) is 0 Å². The first kappa shape index (κ1) is 26.5. The third-order valence-corrected chi connectivity index (χ3v) is 6.67. The van der Waals surface area contributed by atoms with Crippen molar-refractivity contribution in [3.63, 3.8) is 0 Å². The predicted octanol–water partition coefficient (Wildman–Crippen LogP) is 3.48. The van der Waals surface area contributed by atoms with Crippen molar-refractivity contribution in [1.82, 2.24) is 24.9 Å². The first-order chi connectivity index (χ1) is 17.7. The quantitative estimate of drug-likeness (QED) is 0.533. The van der Waals surface area contributed by atoms with E-state index in [0.717, 1.165) is 5.69 Å². The zero-order valence-electron chi connectivity index (χ0n) is 21.3. The van der Waals surface area contributed by atoms with Crippen molar-refractivity contribution in [3.8, 4) is 5.75 Å². The van der Waals surface area contributed by atoms with Crippen LogP contribution in [0.5, 0.6) is 5.75 Å². The monoisotopic (exact) mass is 525 g/mol. The molecule has 3 heterocycles. The normalized spacial score (nSPS) is 17.9. The van der Waals surface area contributed by atoms with Crippen LogP contribution in [0.25, 0.3) is 5.65 Å². The van der Waals surface area contributed by atoms with Crippen LogP contribution in [0.15, 0.2) is 42.6 Å². The van der Waals surface area contributed by atoms with Gasteiger partial charge in [0.2, 0.25) is 5.91 Å². The topological polar surface area (TPSA) is 105 Å². The van der Waals surface area contributed by atoms with E-state index in [4.69, 9.17) is 16.3 Å². The standard InChI is InChI=1S/C27H32ClN5O4/c1-17(2)22-16-37-23-10-9-19(28)13-20(23)26(35)29-11-4-5-12-32(15-25(34)31-22)27(36)21-14-33-18(3)7-6-8-24(33)30-21/h6-10,13-14,17,22H,4-5,11-12,15-16H2,1-3H3,(H,29,35)(H,31,34)/t22-/m1/s1. The predicted molar refractivity (Wildman–Crippen MR) is 141 cm³/mol. The Balaban J connectivity index is 1.56. The second kappa shape index (κ2) is 11.6. The fourth-order valence-electron chi connectivity index (χ4n) is 4.20. The highest BCUT2D eigenvalue weighted by Crippen LogP contribution is 2.24. The van der Waals surface area contributed by atoms with Gasteiger partial charge < -0.3 is 24.7 Å². The van der Waals surface area contributed by atoms with Gasteiger partial charge in [-0.05, 0) is 56.0 Å². The van der Waals surface area contributed by atoms with Gasteiger partial charge in [-0.1, -0.05) is 31.5 Å². The number of fused-ring (bicyclic) bond motifs is 2. The highest BCUT2D eigenvalue weighted by atomic mass is 35.5. The zero-order chi connectivity index (χ0) is 26.5. The summed E-state index contributed by atoms with van der Waals surface area (Å²) < 4.78 is 7.83.